The molecule has 0 aliphatic rings. The van der Waals surface area contributed by atoms with Crippen molar-refractivity contribution in [2.75, 3.05) is 12.3 Å². The SMILES string of the molecule is NCC=Cc1cc(F)c(N)cc1C(F)(F)F. The fourth-order valence-electron chi connectivity index (χ4n) is 1.18. The van der Waals surface area contributed by atoms with Crippen molar-refractivity contribution in [3.63, 3.8) is 0 Å². The van der Waals surface area contributed by atoms with Crippen LogP contribution in [0.4, 0.5) is 23.2 Å². The summed E-state index contributed by atoms with van der Waals surface area (Å²) in [6.45, 7) is 0.0727. The van der Waals surface area contributed by atoms with Crippen LogP contribution in [0, 0.1) is 5.82 Å². The molecule has 0 saturated heterocycles. The molecule has 0 amide bonds. The maximum absolute atomic E-state index is 13.0. The van der Waals surface area contributed by atoms with Crippen molar-refractivity contribution in [3.8, 4) is 0 Å². The zero-order chi connectivity index (χ0) is 12.3. The number of rotatable bonds is 2. The molecule has 0 aliphatic carbocycles. The predicted molar refractivity (Wildman–Crippen MR) is 53.9 cm³/mol. The van der Waals surface area contributed by atoms with Crippen LogP contribution in [0.3, 0.4) is 0 Å². The van der Waals surface area contributed by atoms with Crippen LogP contribution in [0.15, 0.2) is 18.2 Å². The molecule has 0 bridgehead atoms. The molecule has 1 aromatic carbocycles. The number of hydrogen-bond acceptors (Lipinski definition) is 2. The lowest BCUT2D eigenvalue weighted by molar-refractivity contribution is -0.137. The number of benzene rings is 1. The Kier molecular flexibility index (Phi) is 3.54. The maximum atomic E-state index is 13.0. The fraction of sp³-hybridized carbons (Fsp3) is 0.200. The molecule has 6 heteroatoms. The summed E-state index contributed by atoms with van der Waals surface area (Å²) in [7, 11) is 0. The average molecular weight is 234 g/mol. The van der Waals surface area contributed by atoms with Crippen LogP contribution in [0.2, 0.25) is 0 Å². The van der Waals surface area contributed by atoms with Gasteiger partial charge >= 0.3 is 6.18 Å². The zero-order valence-electron chi connectivity index (χ0n) is 8.18. The largest absolute Gasteiger partial charge is 0.417 e. The highest BCUT2D eigenvalue weighted by Gasteiger charge is 2.33. The van der Waals surface area contributed by atoms with Gasteiger partial charge in [-0.3, -0.25) is 0 Å². The molecule has 0 aliphatic heterocycles. The summed E-state index contributed by atoms with van der Waals surface area (Å²) >= 11 is 0. The molecule has 0 saturated carbocycles. The van der Waals surface area contributed by atoms with E-state index >= 15 is 0 Å². The fourth-order valence-corrected chi connectivity index (χ4v) is 1.18. The first-order valence-corrected chi connectivity index (χ1v) is 4.39. The van der Waals surface area contributed by atoms with E-state index in [0.717, 1.165) is 12.1 Å². The van der Waals surface area contributed by atoms with Gasteiger partial charge in [0.2, 0.25) is 0 Å². The third-order valence-electron chi connectivity index (χ3n) is 1.91. The monoisotopic (exact) mass is 234 g/mol. The van der Waals surface area contributed by atoms with Gasteiger partial charge in [0.1, 0.15) is 5.82 Å². The highest BCUT2D eigenvalue weighted by atomic mass is 19.4. The van der Waals surface area contributed by atoms with Crippen LogP contribution >= 0.6 is 0 Å². The lowest BCUT2D eigenvalue weighted by atomic mass is 10.1. The van der Waals surface area contributed by atoms with Gasteiger partial charge < -0.3 is 11.5 Å². The molecular formula is C10H10F4N2. The molecule has 88 valence electrons. The van der Waals surface area contributed by atoms with Crippen LogP contribution < -0.4 is 11.5 Å². The summed E-state index contributed by atoms with van der Waals surface area (Å²) in [4.78, 5) is 0. The first kappa shape index (κ1) is 12.5. The normalized spacial score (nSPS) is 12.3. The van der Waals surface area contributed by atoms with Crippen molar-refractivity contribution in [2.24, 2.45) is 5.73 Å². The predicted octanol–water partition coefficient (Wildman–Crippen LogP) is 2.40. The van der Waals surface area contributed by atoms with Crippen LogP contribution in [0.1, 0.15) is 11.1 Å². The van der Waals surface area contributed by atoms with Gasteiger partial charge in [0.25, 0.3) is 0 Å². The van der Waals surface area contributed by atoms with Gasteiger partial charge in [-0.05, 0) is 17.7 Å². The molecule has 16 heavy (non-hydrogen) atoms. The number of nitrogen functional groups attached to an aromatic ring is 1. The van der Waals surface area contributed by atoms with Gasteiger partial charge in [-0.2, -0.15) is 13.2 Å². The molecule has 0 fully saturated rings. The number of hydrogen-bond donors (Lipinski definition) is 2. The summed E-state index contributed by atoms with van der Waals surface area (Å²) in [5.41, 5.74) is 8.41. The van der Waals surface area contributed by atoms with E-state index in [1.807, 2.05) is 0 Å². The van der Waals surface area contributed by atoms with Gasteiger partial charge in [0.05, 0.1) is 11.3 Å². The minimum Gasteiger partial charge on any atom is -0.396 e. The third kappa shape index (κ3) is 2.73. The number of anilines is 1. The molecule has 0 unspecified atom stereocenters. The molecule has 0 aromatic heterocycles. The van der Waals surface area contributed by atoms with E-state index in [2.05, 4.69) is 0 Å². The van der Waals surface area contributed by atoms with Crippen molar-refractivity contribution in [1.82, 2.24) is 0 Å². The Hall–Kier alpha value is -1.56. The molecule has 1 aromatic rings. The van der Waals surface area contributed by atoms with Crippen molar-refractivity contribution in [2.45, 2.75) is 6.18 Å². The number of alkyl halides is 3. The summed E-state index contributed by atoms with van der Waals surface area (Å²) < 4.78 is 50.6. The molecule has 0 spiro atoms. The summed E-state index contributed by atoms with van der Waals surface area (Å²) in [5.74, 6) is -0.885. The molecule has 2 nitrogen and oxygen atoms in total. The van der Waals surface area contributed by atoms with Gasteiger partial charge in [0.15, 0.2) is 0 Å². The van der Waals surface area contributed by atoms with Crippen LogP contribution in [-0.2, 0) is 6.18 Å². The topological polar surface area (TPSA) is 52.0 Å². The number of nitrogens with two attached hydrogens (primary N) is 2. The molecule has 4 N–H and O–H groups in total. The second-order valence-corrected chi connectivity index (χ2v) is 3.10. The van der Waals surface area contributed by atoms with E-state index in [-0.39, 0.29) is 12.1 Å². The van der Waals surface area contributed by atoms with Crippen molar-refractivity contribution in [1.29, 1.82) is 0 Å². The van der Waals surface area contributed by atoms with Crippen molar-refractivity contribution in [3.05, 3.63) is 35.2 Å². The van der Waals surface area contributed by atoms with Gasteiger partial charge in [-0.25, -0.2) is 4.39 Å². The Morgan fingerprint density at radius 3 is 2.38 bits per heavy atom. The highest BCUT2D eigenvalue weighted by Crippen LogP contribution is 2.34. The second-order valence-electron chi connectivity index (χ2n) is 3.10. The van der Waals surface area contributed by atoms with Gasteiger partial charge in [-0.1, -0.05) is 12.2 Å². The molecule has 0 radical (unpaired) electrons. The summed E-state index contributed by atoms with van der Waals surface area (Å²) in [5, 5.41) is 0. The Bertz CT molecular complexity index is 410. The minimum absolute atomic E-state index is 0.0727. The van der Waals surface area contributed by atoms with E-state index in [1.165, 1.54) is 6.08 Å². The Labute approximate surface area is 89.5 Å². The average Bonchev–Trinajstić information content (AvgIpc) is 2.17. The van der Waals surface area contributed by atoms with E-state index in [9.17, 15) is 17.6 Å². The zero-order valence-corrected chi connectivity index (χ0v) is 8.18. The number of halogens is 4. The van der Waals surface area contributed by atoms with Crippen LogP contribution in [-0.4, -0.2) is 6.54 Å². The van der Waals surface area contributed by atoms with Crippen molar-refractivity contribution >= 4 is 11.8 Å². The standard InChI is InChI=1S/C10H10F4N2/c11-8-4-6(2-1-3-15)7(5-9(8)16)10(12,13)14/h1-2,4-5H,3,15-16H2. The maximum Gasteiger partial charge on any atom is 0.417 e. The van der Waals surface area contributed by atoms with Crippen LogP contribution in [0.5, 0.6) is 0 Å². The first-order chi connectivity index (χ1) is 7.36. The first-order valence-electron chi connectivity index (χ1n) is 4.39. The molecule has 1 rings (SSSR count). The quantitative estimate of drug-likeness (QED) is 0.609. The van der Waals surface area contributed by atoms with Crippen LogP contribution in [0.25, 0.3) is 6.08 Å². The van der Waals surface area contributed by atoms with Gasteiger partial charge in [0, 0.05) is 6.54 Å². The smallest absolute Gasteiger partial charge is 0.396 e. The summed E-state index contributed by atoms with van der Waals surface area (Å²) in [6, 6.07) is 1.32. The van der Waals surface area contributed by atoms with E-state index in [1.54, 1.807) is 0 Å². The Balaban J connectivity index is 3.33. The van der Waals surface area contributed by atoms with Gasteiger partial charge in [-0.15, -0.1) is 0 Å². The van der Waals surface area contributed by atoms with Crippen molar-refractivity contribution < 1.29 is 17.6 Å². The van der Waals surface area contributed by atoms with E-state index in [4.69, 9.17) is 11.5 Å². The second kappa shape index (κ2) is 4.52. The van der Waals surface area contributed by atoms with E-state index < -0.39 is 23.2 Å². The molecular weight excluding hydrogens is 224 g/mol. The molecule has 0 atom stereocenters. The highest BCUT2D eigenvalue weighted by molar-refractivity contribution is 5.60. The minimum atomic E-state index is -4.57. The molecule has 0 heterocycles. The lowest BCUT2D eigenvalue weighted by Gasteiger charge is -2.11. The third-order valence-corrected chi connectivity index (χ3v) is 1.91. The Morgan fingerprint density at radius 2 is 1.88 bits per heavy atom. The summed E-state index contributed by atoms with van der Waals surface area (Å²) in [6.07, 6.45) is -2.15. The lowest BCUT2D eigenvalue weighted by Crippen LogP contribution is -2.09. The Morgan fingerprint density at radius 1 is 1.25 bits per heavy atom. The van der Waals surface area contributed by atoms with E-state index in [0.29, 0.717) is 6.07 Å².